The molecule has 5 heteroatoms. The van der Waals surface area contributed by atoms with Crippen LogP contribution in [0, 0.1) is 0 Å². The van der Waals surface area contributed by atoms with Gasteiger partial charge in [0.05, 0.1) is 0 Å². The summed E-state index contributed by atoms with van der Waals surface area (Å²) < 4.78 is 4.68. The van der Waals surface area contributed by atoms with Gasteiger partial charge in [-0.25, -0.2) is 5.43 Å². The third-order valence-electron chi connectivity index (χ3n) is 0.592. The maximum atomic E-state index is 4.68. The molecule has 0 saturated heterocycles. The molecule has 0 fully saturated rings. The fourth-order valence-electron chi connectivity index (χ4n) is 0.334. The molecular formula is C3H6N4O. The van der Waals surface area contributed by atoms with Gasteiger partial charge in [0.25, 0.3) is 0 Å². The quantitative estimate of drug-likeness (QED) is 0.513. The van der Waals surface area contributed by atoms with E-state index in [9.17, 15) is 0 Å². The number of aromatic nitrogens is 2. The minimum Gasteiger partial charge on any atom is -0.410 e. The molecule has 0 spiro atoms. The standard InChI is InChI=1S/C3H6N4O/c1-4-6-3-7-5-2-8-3/h2,4H,1H3,(H,6,7). The van der Waals surface area contributed by atoms with E-state index in [0.717, 1.165) is 0 Å². The zero-order valence-electron chi connectivity index (χ0n) is 4.38. The first-order valence-corrected chi connectivity index (χ1v) is 2.12. The van der Waals surface area contributed by atoms with Gasteiger partial charge in [-0.3, -0.25) is 5.43 Å². The van der Waals surface area contributed by atoms with E-state index in [4.69, 9.17) is 0 Å². The van der Waals surface area contributed by atoms with E-state index >= 15 is 0 Å². The fraction of sp³-hybridized carbons (Fsp3) is 0.333. The molecule has 0 aliphatic carbocycles. The normalized spacial score (nSPS) is 9.12. The number of nitrogens with one attached hydrogen (secondary N) is 2. The van der Waals surface area contributed by atoms with E-state index in [1.165, 1.54) is 6.39 Å². The lowest BCUT2D eigenvalue weighted by molar-refractivity contribution is 0.560. The molecule has 0 atom stereocenters. The van der Waals surface area contributed by atoms with Gasteiger partial charge in [0.2, 0.25) is 6.39 Å². The molecule has 0 aliphatic rings. The van der Waals surface area contributed by atoms with E-state index in [-0.39, 0.29) is 0 Å². The number of hydrogen-bond acceptors (Lipinski definition) is 5. The van der Waals surface area contributed by atoms with Crippen molar-refractivity contribution in [3.63, 3.8) is 0 Å². The van der Waals surface area contributed by atoms with Gasteiger partial charge in [0.1, 0.15) is 0 Å². The molecule has 0 aliphatic heterocycles. The van der Waals surface area contributed by atoms with Gasteiger partial charge in [-0.2, -0.15) is 0 Å². The summed E-state index contributed by atoms with van der Waals surface area (Å²) in [5.74, 6) is 0. The number of hydrogen-bond donors (Lipinski definition) is 2. The molecule has 1 aromatic heterocycles. The SMILES string of the molecule is CNNc1nnco1. The molecule has 2 N–H and O–H groups in total. The molecule has 0 aromatic carbocycles. The maximum Gasteiger partial charge on any atom is 0.330 e. The predicted octanol–water partition coefficient (Wildman–Crippen LogP) is -0.384. The number of rotatable bonds is 2. The minimum atomic E-state index is 0.368. The van der Waals surface area contributed by atoms with Gasteiger partial charge < -0.3 is 4.42 Å². The van der Waals surface area contributed by atoms with Crippen LogP contribution in [0.15, 0.2) is 10.8 Å². The Balaban J connectivity index is 2.50. The van der Waals surface area contributed by atoms with E-state index in [1.807, 2.05) is 0 Å². The van der Waals surface area contributed by atoms with Crippen LogP contribution in [0.25, 0.3) is 0 Å². The van der Waals surface area contributed by atoms with Crippen molar-refractivity contribution in [2.75, 3.05) is 12.5 Å². The largest absolute Gasteiger partial charge is 0.410 e. The summed E-state index contributed by atoms with van der Waals surface area (Å²) in [6.07, 6.45) is 1.25. The molecule has 0 saturated carbocycles. The average Bonchev–Trinajstić information content (AvgIpc) is 2.19. The highest BCUT2D eigenvalue weighted by atomic mass is 16.4. The fourth-order valence-corrected chi connectivity index (χ4v) is 0.334. The number of anilines is 1. The molecule has 1 aromatic rings. The van der Waals surface area contributed by atoms with Crippen LogP contribution in [-0.4, -0.2) is 17.2 Å². The number of nitrogens with zero attached hydrogens (tertiary/aromatic N) is 2. The van der Waals surface area contributed by atoms with E-state index < -0.39 is 0 Å². The lowest BCUT2D eigenvalue weighted by Gasteiger charge is -1.91. The van der Waals surface area contributed by atoms with Gasteiger partial charge in [0, 0.05) is 7.05 Å². The summed E-state index contributed by atoms with van der Waals surface area (Å²) in [5.41, 5.74) is 5.22. The molecule has 0 unspecified atom stereocenters. The third kappa shape index (κ3) is 0.941. The second kappa shape index (κ2) is 2.27. The van der Waals surface area contributed by atoms with Crippen LogP contribution in [0.3, 0.4) is 0 Å². The van der Waals surface area contributed by atoms with Crippen molar-refractivity contribution < 1.29 is 4.42 Å². The molecule has 0 radical (unpaired) electrons. The average molecular weight is 114 g/mol. The molecule has 44 valence electrons. The summed E-state index contributed by atoms with van der Waals surface area (Å²) >= 11 is 0. The van der Waals surface area contributed by atoms with Crippen LogP contribution in [-0.2, 0) is 0 Å². The van der Waals surface area contributed by atoms with Gasteiger partial charge in [0.15, 0.2) is 0 Å². The molecule has 1 rings (SSSR count). The Hall–Kier alpha value is -1.10. The van der Waals surface area contributed by atoms with Gasteiger partial charge >= 0.3 is 6.01 Å². The summed E-state index contributed by atoms with van der Waals surface area (Å²) in [6.45, 7) is 0. The predicted molar refractivity (Wildman–Crippen MR) is 27.0 cm³/mol. The van der Waals surface area contributed by atoms with Crippen molar-refractivity contribution in [1.29, 1.82) is 0 Å². The third-order valence-corrected chi connectivity index (χ3v) is 0.592. The summed E-state index contributed by atoms with van der Waals surface area (Å²) in [6, 6.07) is 0.368. The Morgan fingerprint density at radius 2 is 2.62 bits per heavy atom. The van der Waals surface area contributed by atoms with Crippen molar-refractivity contribution in [1.82, 2.24) is 15.6 Å². The van der Waals surface area contributed by atoms with E-state index in [2.05, 4.69) is 25.5 Å². The molecule has 1 heterocycles. The van der Waals surface area contributed by atoms with Crippen molar-refractivity contribution in [2.24, 2.45) is 0 Å². The summed E-state index contributed by atoms with van der Waals surface area (Å²) in [5, 5.41) is 6.94. The Kier molecular flexibility index (Phi) is 1.43. The van der Waals surface area contributed by atoms with E-state index in [1.54, 1.807) is 7.05 Å². The first-order chi connectivity index (χ1) is 3.93. The van der Waals surface area contributed by atoms with Crippen molar-refractivity contribution in [2.45, 2.75) is 0 Å². The van der Waals surface area contributed by atoms with Crippen molar-refractivity contribution >= 4 is 6.01 Å². The second-order valence-corrected chi connectivity index (χ2v) is 1.12. The molecule has 5 nitrogen and oxygen atoms in total. The molecule has 0 bridgehead atoms. The Bertz CT molecular complexity index is 137. The Morgan fingerprint density at radius 3 is 3.12 bits per heavy atom. The minimum absolute atomic E-state index is 0.368. The lowest BCUT2D eigenvalue weighted by Crippen LogP contribution is -2.14. The van der Waals surface area contributed by atoms with Crippen LogP contribution in [0.1, 0.15) is 0 Å². The zero-order chi connectivity index (χ0) is 5.82. The number of hydrazine groups is 1. The second-order valence-electron chi connectivity index (χ2n) is 1.12. The monoisotopic (exact) mass is 114 g/mol. The first-order valence-electron chi connectivity index (χ1n) is 2.12. The van der Waals surface area contributed by atoms with E-state index in [0.29, 0.717) is 6.01 Å². The van der Waals surface area contributed by atoms with Crippen LogP contribution in [0.2, 0.25) is 0 Å². The molecular weight excluding hydrogens is 108 g/mol. The van der Waals surface area contributed by atoms with Gasteiger partial charge in [-0.15, -0.1) is 5.10 Å². The summed E-state index contributed by atoms with van der Waals surface area (Å²) in [7, 11) is 1.71. The van der Waals surface area contributed by atoms with Crippen molar-refractivity contribution in [3.8, 4) is 0 Å². The lowest BCUT2D eigenvalue weighted by atomic mass is 11.2. The smallest absolute Gasteiger partial charge is 0.330 e. The highest BCUT2D eigenvalue weighted by Crippen LogP contribution is 1.93. The topological polar surface area (TPSA) is 63.0 Å². The molecule has 8 heavy (non-hydrogen) atoms. The first kappa shape index (κ1) is 5.04. The van der Waals surface area contributed by atoms with Crippen LogP contribution >= 0.6 is 0 Å². The van der Waals surface area contributed by atoms with Crippen LogP contribution < -0.4 is 10.9 Å². The Labute approximate surface area is 46.1 Å². The Morgan fingerprint density at radius 1 is 1.75 bits per heavy atom. The summed E-state index contributed by atoms with van der Waals surface area (Å²) in [4.78, 5) is 0. The highest BCUT2D eigenvalue weighted by molar-refractivity contribution is 5.11. The molecule has 0 amide bonds. The van der Waals surface area contributed by atoms with Crippen molar-refractivity contribution in [3.05, 3.63) is 6.39 Å². The van der Waals surface area contributed by atoms with Crippen LogP contribution in [0.5, 0.6) is 0 Å². The van der Waals surface area contributed by atoms with Crippen LogP contribution in [0.4, 0.5) is 6.01 Å². The highest BCUT2D eigenvalue weighted by Gasteiger charge is 1.89. The van der Waals surface area contributed by atoms with Gasteiger partial charge in [-0.1, -0.05) is 5.10 Å². The maximum absolute atomic E-state index is 4.68. The zero-order valence-corrected chi connectivity index (χ0v) is 4.38. The van der Waals surface area contributed by atoms with Gasteiger partial charge in [-0.05, 0) is 0 Å².